The molecule has 0 aliphatic carbocycles. The number of benzene rings is 1. The second-order valence-corrected chi connectivity index (χ2v) is 4.06. The Morgan fingerprint density at radius 3 is 2.06 bits per heavy atom. The first-order chi connectivity index (χ1) is 7.58. The molecule has 0 saturated heterocycles. The van der Waals surface area contributed by atoms with Crippen LogP contribution < -0.4 is 0 Å². The van der Waals surface area contributed by atoms with Gasteiger partial charge in [-0.1, -0.05) is 25.5 Å². The molecule has 1 heteroatoms. The molecule has 0 saturated carbocycles. The molecule has 0 N–H and O–H groups in total. The van der Waals surface area contributed by atoms with Crippen molar-refractivity contribution in [2.45, 2.75) is 41.5 Å². The zero-order valence-electron chi connectivity index (χ0n) is 11.2. The summed E-state index contributed by atoms with van der Waals surface area (Å²) >= 11 is 0. The van der Waals surface area contributed by atoms with Crippen molar-refractivity contribution < 1.29 is 0 Å². The van der Waals surface area contributed by atoms with Gasteiger partial charge in [-0.05, 0) is 51.0 Å². The molecule has 1 aromatic heterocycles. The highest BCUT2D eigenvalue weighted by Gasteiger charge is 2.03. The maximum Gasteiger partial charge on any atom is 0.0737 e. The third-order valence-corrected chi connectivity index (χ3v) is 2.58. The van der Waals surface area contributed by atoms with E-state index in [1.807, 2.05) is 20.8 Å². The van der Waals surface area contributed by atoms with Gasteiger partial charge in [-0.2, -0.15) is 0 Å². The van der Waals surface area contributed by atoms with Crippen LogP contribution in [0.25, 0.3) is 10.9 Å². The van der Waals surface area contributed by atoms with E-state index >= 15 is 0 Å². The maximum atomic E-state index is 4.58. The fourth-order valence-electron chi connectivity index (χ4n) is 2.01. The molecular formula is C15H21N. The minimum atomic E-state index is 1.10. The van der Waals surface area contributed by atoms with Gasteiger partial charge in [-0.3, -0.25) is 4.98 Å². The third kappa shape index (κ3) is 2.41. The van der Waals surface area contributed by atoms with E-state index in [2.05, 4.69) is 44.0 Å². The number of rotatable bonds is 0. The predicted molar refractivity (Wildman–Crippen MR) is 72.0 cm³/mol. The van der Waals surface area contributed by atoms with E-state index < -0.39 is 0 Å². The van der Waals surface area contributed by atoms with Crippen LogP contribution in [0.2, 0.25) is 0 Å². The van der Waals surface area contributed by atoms with E-state index in [4.69, 9.17) is 0 Å². The minimum absolute atomic E-state index is 1.10. The largest absolute Gasteiger partial charge is 0.253 e. The number of aromatic nitrogens is 1. The highest BCUT2D eigenvalue weighted by Crippen LogP contribution is 2.22. The van der Waals surface area contributed by atoms with Crippen molar-refractivity contribution in [3.63, 3.8) is 0 Å². The molecule has 2 aromatic rings. The first kappa shape index (κ1) is 12.7. The zero-order valence-corrected chi connectivity index (χ0v) is 11.2. The van der Waals surface area contributed by atoms with Crippen LogP contribution in [-0.4, -0.2) is 4.98 Å². The van der Waals surface area contributed by atoms with Crippen LogP contribution in [0.4, 0.5) is 0 Å². The van der Waals surface area contributed by atoms with Crippen molar-refractivity contribution in [2.24, 2.45) is 0 Å². The minimum Gasteiger partial charge on any atom is -0.253 e. The molecule has 0 aliphatic rings. The predicted octanol–water partition coefficient (Wildman–Crippen LogP) is 4.49. The third-order valence-electron chi connectivity index (χ3n) is 2.58. The summed E-state index contributed by atoms with van der Waals surface area (Å²) < 4.78 is 0. The molecule has 86 valence electrons. The van der Waals surface area contributed by atoms with Crippen molar-refractivity contribution in [3.8, 4) is 0 Å². The van der Waals surface area contributed by atoms with Crippen LogP contribution in [0, 0.1) is 27.7 Å². The number of aryl methyl sites for hydroxylation is 4. The molecule has 0 spiro atoms. The maximum absolute atomic E-state index is 4.58. The van der Waals surface area contributed by atoms with Gasteiger partial charge in [-0.25, -0.2) is 0 Å². The SMILES string of the molecule is CC.Cc1cc(C)c2nc(C)cc(C)c2c1. The van der Waals surface area contributed by atoms with E-state index in [-0.39, 0.29) is 0 Å². The lowest BCUT2D eigenvalue weighted by Crippen LogP contribution is -1.91. The number of pyridine rings is 1. The average Bonchev–Trinajstić information content (AvgIpc) is 2.23. The topological polar surface area (TPSA) is 12.9 Å². The second-order valence-electron chi connectivity index (χ2n) is 4.06. The van der Waals surface area contributed by atoms with Crippen molar-refractivity contribution in [1.82, 2.24) is 4.98 Å². The summed E-state index contributed by atoms with van der Waals surface area (Å²) in [5.41, 5.74) is 6.14. The van der Waals surface area contributed by atoms with Crippen LogP contribution in [0.3, 0.4) is 0 Å². The molecule has 0 atom stereocenters. The van der Waals surface area contributed by atoms with Gasteiger partial charge in [0.1, 0.15) is 0 Å². The van der Waals surface area contributed by atoms with Crippen molar-refractivity contribution in [2.75, 3.05) is 0 Å². The standard InChI is InChI=1S/C13H15N.C2H6/c1-8-5-10(3)13-12(6-8)9(2)7-11(4)14-13;1-2/h5-7H,1-4H3;1-2H3. The van der Waals surface area contributed by atoms with Gasteiger partial charge >= 0.3 is 0 Å². The van der Waals surface area contributed by atoms with Gasteiger partial charge in [0, 0.05) is 11.1 Å². The van der Waals surface area contributed by atoms with Gasteiger partial charge in [-0.15, -0.1) is 0 Å². The molecule has 0 unspecified atom stereocenters. The Labute approximate surface area is 98.5 Å². The van der Waals surface area contributed by atoms with E-state index in [0.717, 1.165) is 11.2 Å². The van der Waals surface area contributed by atoms with Gasteiger partial charge < -0.3 is 0 Å². The number of hydrogen-bond donors (Lipinski definition) is 0. The first-order valence-corrected chi connectivity index (χ1v) is 5.93. The molecule has 2 rings (SSSR count). The fraction of sp³-hybridized carbons (Fsp3) is 0.400. The van der Waals surface area contributed by atoms with Crippen LogP contribution in [-0.2, 0) is 0 Å². The Kier molecular flexibility index (Phi) is 4.05. The van der Waals surface area contributed by atoms with Crippen LogP contribution in [0.1, 0.15) is 36.2 Å². The monoisotopic (exact) mass is 215 g/mol. The summed E-state index contributed by atoms with van der Waals surface area (Å²) in [4.78, 5) is 4.58. The summed E-state index contributed by atoms with van der Waals surface area (Å²) in [6, 6.07) is 6.54. The van der Waals surface area contributed by atoms with E-state index in [0.29, 0.717) is 0 Å². The molecule has 16 heavy (non-hydrogen) atoms. The van der Waals surface area contributed by atoms with E-state index in [1.54, 1.807) is 0 Å². The lowest BCUT2D eigenvalue weighted by Gasteiger charge is -2.07. The molecule has 0 aliphatic heterocycles. The van der Waals surface area contributed by atoms with Crippen molar-refractivity contribution in [3.05, 3.63) is 40.6 Å². The Hall–Kier alpha value is -1.37. The Morgan fingerprint density at radius 1 is 0.812 bits per heavy atom. The Morgan fingerprint density at radius 2 is 1.44 bits per heavy atom. The number of hydrogen-bond acceptors (Lipinski definition) is 1. The van der Waals surface area contributed by atoms with Gasteiger partial charge in [0.15, 0.2) is 0 Å². The smallest absolute Gasteiger partial charge is 0.0737 e. The van der Waals surface area contributed by atoms with Crippen molar-refractivity contribution >= 4 is 10.9 Å². The zero-order chi connectivity index (χ0) is 12.3. The summed E-state index contributed by atoms with van der Waals surface area (Å²) in [6.07, 6.45) is 0. The number of fused-ring (bicyclic) bond motifs is 1. The highest BCUT2D eigenvalue weighted by atomic mass is 14.7. The van der Waals surface area contributed by atoms with E-state index in [9.17, 15) is 0 Å². The summed E-state index contributed by atoms with van der Waals surface area (Å²) in [5, 5.41) is 1.29. The molecule has 1 heterocycles. The summed E-state index contributed by atoms with van der Waals surface area (Å²) in [7, 11) is 0. The van der Waals surface area contributed by atoms with E-state index in [1.165, 1.54) is 22.1 Å². The molecule has 0 fully saturated rings. The second kappa shape index (κ2) is 5.11. The van der Waals surface area contributed by atoms with Crippen molar-refractivity contribution in [1.29, 1.82) is 0 Å². The highest BCUT2D eigenvalue weighted by molar-refractivity contribution is 5.85. The van der Waals surface area contributed by atoms with Crippen LogP contribution in [0.5, 0.6) is 0 Å². The quantitative estimate of drug-likeness (QED) is 0.630. The lowest BCUT2D eigenvalue weighted by molar-refractivity contribution is 1.22. The average molecular weight is 215 g/mol. The van der Waals surface area contributed by atoms with Gasteiger partial charge in [0.05, 0.1) is 5.52 Å². The molecule has 0 amide bonds. The Balaban J connectivity index is 0.000000606. The summed E-state index contributed by atoms with van der Waals surface area (Å²) in [6.45, 7) is 12.5. The fourth-order valence-corrected chi connectivity index (χ4v) is 2.01. The van der Waals surface area contributed by atoms with Crippen LogP contribution >= 0.6 is 0 Å². The van der Waals surface area contributed by atoms with Gasteiger partial charge in [0.25, 0.3) is 0 Å². The molecule has 0 bridgehead atoms. The summed E-state index contributed by atoms with van der Waals surface area (Å²) in [5.74, 6) is 0. The normalized spacial score (nSPS) is 9.88. The molecule has 1 nitrogen and oxygen atoms in total. The molecule has 1 aromatic carbocycles. The van der Waals surface area contributed by atoms with Gasteiger partial charge in [0.2, 0.25) is 0 Å². The number of nitrogens with zero attached hydrogens (tertiary/aromatic N) is 1. The van der Waals surface area contributed by atoms with Crippen LogP contribution in [0.15, 0.2) is 18.2 Å². The molecule has 0 radical (unpaired) electrons. The Bertz CT molecular complexity index is 451. The molecular weight excluding hydrogens is 194 g/mol. The lowest BCUT2D eigenvalue weighted by atomic mass is 10.0. The first-order valence-electron chi connectivity index (χ1n) is 5.93.